The van der Waals surface area contributed by atoms with Crippen LogP contribution in [-0.2, 0) is 0 Å². The van der Waals surface area contributed by atoms with Crippen molar-refractivity contribution in [1.82, 2.24) is 0 Å². The zero-order valence-corrected chi connectivity index (χ0v) is 15.2. The second kappa shape index (κ2) is 8.18. The zero-order chi connectivity index (χ0) is 16.8. The third-order valence-electron chi connectivity index (χ3n) is 3.39. The summed E-state index contributed by atoms with van der Waals surface area (Å²) < 4.78 is 11.2. The molecular formula is C20H18O2S2. The predicted octanol–water partition coefficient (Wildman–Crippen LogP) is 6.01. The molecule has 0 aliphatic heterocycles. The quantitative estimate of drug-likeness (QED) is 0.539. The van der Waals surface area contributed by atoms with Crippen molar-refractivity contribution < 1.29 is 9.47 Å². The third-order valence-corrected chi connectivity index (χ3v) is 5.49. The van der Waals surface area contributed by atoms with Crippen molar-refractivity contribution in [2.75, 3.05) is 14.2 Å². The maximum atomic E-state index is 5.61. The lowest BCUT2D eigenvalue weighted by atomic mass is 10.3. The molecule has 0 fully saturated rings. The van der Waals surface area contributed by atoms with Crippen molar-refractivity contribution >= 4 is 23.5 Å². The predicted molar refractivity (Wildman–Crippen MR) is 101 cm³/mol. The topological polar surface area (TPSA) is 18.5 Å². The molecule has 0 amide bonds. The molecule has 0 unspecified atom stereocenters. The lowest BCUT2D eigenvalue weighted by molar-refractivity contribution is 0.386. The number of benzene rings is 3. The van der Waals surface area contributed by atoms with E-state index in [2.05, 4.69) is 24.3 Å². The van der Waals surface area contributed by atoms with E-state index in [4.69, 9.17) is 9.47 Å². The minimum absolute atomic E-state index is 0.850. The molecule has 0 N–H and O–H groups in total. The Labute approximate surface area is 151 Å². The summed E-state index contributed by atoms with van der Waals surface area (Å²) in [4.78, 5) is 4.42. The molecule has 0 saturated heterocycles. The summed E-state index contributed by atoms with van der Waals surface area (Å²) in [5.41, 5.74) is 0. The van der Waals surface area contributed by atoms with Crippen LogP contribution in [-0.4, -0.2) is 14.2 Å². The van der Waals surface area contributed by atoms with E-state index in [1.54, 1.807) is 37.7 Å². The number of methoxy groups -OCH3 is 2. The van der Waals surface area contributed by atoms with Crippen LogP contribution in [0.2, 0.25) is 0 Å². The second-order valence-electron chi connectivity index (χ2n) is 4.98. The van der Waals surface area contributed by atoms with Crippen molar-refractivity contribution in [3.63, 3.8) is 0 Å². The highest BCUT2D eigenvalue weighted by Gasteiger charge is 2.13. The van der Waals surface area contributed by atoms with E-state index in [-0.39, 0.29) is 0 Å². The summed E-state index contributed by atoms with van der Waals surface area (Å²) in [6.45, 7) is 0. The third kappa shape index (κ3) is 4.08. The van der Waals surface area contributed by atoms with Gasteiger partial charge in [-0.3, -0.25) is 0 Å². The van der Waals surface area contributed by atoms with E-state index in [0.29, 0.717) is 0 Å². The van der Waals surface area contributed by atoms with Crippen LogP contribution in [0.1, 0.15) is 0 Å². The standard InChI is InChI=1S/C20H18O2S2/c1-21-17-13-20(24-16-11-7-4-8-12-16)18(22-2)14-19(17)23-15-9-5-3-6-10-15/h3-14H,1-2H3. The molecule has 3 rings (SSSR count). The normalized spacial score (nSPS) is 10.4. The Hall–Kier alpha value is -2.04. The molecule has 24 heavy (non-hydrogen) atoms. The van der Waals surface area contributed by atoms with Crippen LogP contribution in [0.5, 0.6) is 11.5 Å². The molecule has 0 aliphatic carbocycles. The van der Waals surface area contributed by atoms with E-state index in [0.717, 1.165) is 21.3 Å². The van der Waals surface area contributed by atoms with Gasteiger partial charge in [-0.2, -0.15) is 0 Å². The van der Waals surface area contributed by atoms with E-state index in [9.17, 15) is 0 Å². The van der Waals surface area contributed by atoms with Gasteiger partial charge in [0.15, 0.2) is 0 Å². The summed E-state index contributed by atoms with van der Waals surface area (Å²) in [6, 6.07) is 24.6. The van der Waals surface area contributed by atoms with Gasteiger partial charge in [-0.15, -0.1) is 0 Å². The molecule has 0 bridgehead atoms. The molecule has 0 radical (unpaired) electrons. The molecule has 2 nitrogen and oxygen atoms in total. The van der Waals surface area contributed by atoms with Gasteiger partial charge < -0.3 is 9.47 Å². The highest BCUT2D eigenvalue weighted by molar-refractivity contribution is 8.00. The van der Waals surface area contributed by atoms with E-state index < -0.39 is 0 Å². The van der Waals surface area contributed by atoms with Gasteiger partial charge in [-0.1, -0.05) is 59.9 Å². The molecule has 3 aromatic rings. The van der Waals surface area contributed by atoms with Crippen LogP contribution in [0.3, 0.4) is 0 Å². The van der Waals surface area contributed by atoms with Crippen molar-refractivity contribution in [1.29, 1.82) is 0 Å². The molecule has 3 aromatic carbocycles. The minimum atomic E-state index is 0.850. The summed E-state index contributed by atoms with van der Waals surface area (Å²) in [7, 11) is 3.40. The van der Waals surface area contributed by atoms with Gasteiger partial charge in [0.1, 0.15) is 11.5 Å². The molecule has 0 aliphatic rings. The molecule has 0 heterocycles. The summed E-state index contributed by atoms with van der Waals surface area (Å²) >= 11 is 3.34. The average molecular weight is 354 g/mol. The lowest BCUT2D eigenvalue weighted by Crippen LogP contribution is -1.92. The van der Waals surface area contributed by atoms with Crippen molar-refractivity contribution in [3.8, 4) is 11.5 Å². The zero-order valence-electron chi connectivity index (χ0n) is 13.6. The first kappa shape index (κ1) is 16.8. The monoisotopic (exact) mass is 354 g/mol. The van der Waals surface area contributed by atoms with Gasteiger partial charge >= 0.3 is 0 Å². The van der Waals surface area contributed by atoms with Gasteiger partial charge in [0, 0.05) is 9.79 Å². The Bertz CT molecular complexity index is 720. The van der Waals surface area contributed by atoms with Gasteiger partial charge in [0.05, 0.1) is 24.0 Å². The fourth-order valence-corrected chi connectivity index (χ4v) is 4.14. The Morgan fingerprint density at radius 1 is 0.583 bits per heavy atom. The average Bonchev–Trinajstić information content (AvgIpc) is 2.64. The Kier molecular flexibility index (Phi) is 5.72. The second-order valence-corrected chi connectivity index (χ2v) is 7.21. The first-order valence-electron chi connectivity index (χ1n) is 7.52. The van der Waals surface area contributed by atoms with Crippen LogP contribution in [0.15, 0.2) is 92.4 Å². The first-order chi connectivity index (χ1) is 11.8. The van der Waals surface area contributed by atoms with Gasteiger partial charge in [0.2, 0.25) is 0 Å². The number of rotatable bonds is 6. The molecule has 0 saturated carbocycles. The molecule has 122 valence electrons. The SMILES string of the molecule is COc1cc(Sc2ccccc2)c(OC)cc1Sc1ccccc1. The van der Waals surface area contributed by atoms with Gasteiger partial charge in [0.25, 0.3) is 0 Å². The van der Waals surface area contributed by atoms with E-state index >= 15 is 0 Å². The smallest absolute Gasteiger partial charge is 0.134 e. The summed E-state index contributed by atoms with van der Waals surface area (Å²) in [5, 5.41) is 0. The maximum Gasteiger partial charge on any atom is 0.134 e. The molecule has 0 aromatic heterocycles. The highest BCUT2D eigenvalue weighted by atomic mass is 32.2. The van der Waals surface area contributed by atoms with Gasteiger partial charge in [-0.05, 0) is 36.4 Å². The number of hydrogen-bond acceptors (Lipinski definition) is 4. The molecule has 4 heteroatoms. The van der Waals surface area contributed by atoms with Gasteiger partial charge in [-0.25, -0.2) is 0 Å². The van der Waals surface area contributed by atoms with E-state index in [1.165, 1.54) is 9.79 Å². The van der Waals surface area contributed by atoms with Crippen LogP contribution >= 0.6 is 23.5 Å². The fraction of sp³-hybridized carbons (Fsp3) is 0.100. The van der Waals surface area contributed by atoms with Crippen molar-refractivity contribution in [2.24, 2.45) is 0 Å². The number of ether oxygens (including phenoxy) is 2. The summed E-state index contributed by atoms with van der Waals surface area (Å²) in [5.74, 6) is 1.70. The maximum absolute atomic E-state index is 5.61. The van der Waals surface area contributed by atoms with Crippen LogP contribution < -0.4 is 9.47 Å². The lowest BCUT2D eigenvalue weighted by Gasteiger charge is -2.14. The highest BCUT2D eigenvalue weighted by Crippen LogP contribution is 2.44. The fourth-order valence-electron chi connectivity index (χ4n) is 2.23. The first-order valence-corrected chi connectivity index (χ1v) is 9.15. The molecular weight excluding hydrogens is 336 g/mol. The van der Waals surface area contributed by atoms with Crippen molar-refractivity contribution in [2.45, 2.75) is 19.6 Å². The Balaban J connectivity index is 1.94. The van der Waals surface area contributed by atoms with Crippen LogP contribution in [0, 0.1) is 0 Å². The Morgan fingerprint density at radius 2 is 0.958 bits per heavy atom. The molecule has 0 spiro atoms. The van der Waals surface area contributed by atoms with Crippen molar-refractivity contribution in [3.05, 3.63) is 72.8 Å². The Morgan fingerprint density at radius 3 is 1.29 bits per heavy atom. The van der Waals surface area contributed by atoms with Crippen LogP contribution in [0.4, 0.5) is 0 Å². The largest absolute Gasteiger partial charge is 0.496 e. The number of hydrogen-bond donors (Lipinski definition) is 0. The summed E-state index contributed by atoms with van der Waals surface area (Å²) in [6.07, 6.45) is 0. The van der Waals surface area contributed by atoms with Crippen LogP contribution in [0.25, 0.3) is 0 Å². The molecule has 0 atom stereocenters. The van der Waals surface area contributed by atoms with E-state index in [1.807, 2.05) is 48.5 Å². The minimum Gasteiger partial charge on any atom is -0.496 e.